The number of benzene rings is 9. The highest BCUT2D eigenvalue weighted by Gasteiger charge is 2.46. The average molecular weight is 1000 g/mol. The lowest BCUT2D eigenvalue weighted by molar-refractivity contribution is 0.590. The van der Waals surface area contributed by atoms with Crippen molar-refractivity contribution in [2.45, 2.75) is 124 Å². The van der Waals surface area contributed by atoms with Gasteiger partial charge in [-0.05, 0) is 185 Å². The maximum Gasteiger partial charge on any atom is 0.252 e. The Morgan fingerprint density at radius 2 is 0.753 bits per heavy atom. The quantitative estimate of drug-likeness (QED) is 0.159. The molecule has 4 heteroatoms. The molecule has 0 N–H and O–H groups in total. The monoisotopic (exact) mass is 1000 g/mol. The molecule has 3 nitrogen and oxygen atoms in total. The van der Waals surface area contributed by atoms with E-state index in [9.17, 15) is 0 Å². The third-order valence-corrected chi connectivity index (χ3v) is 18.0. The molecule has 0 aromatic heterocycles. The number of hydrogen-bond acceptors (Lipinski definition) is 3. The molecule has 0 radical (unpaired) electrons. The van der Waals surface area contributed by atoms with Gasteiger partial charge in [-0.15, -0.1) is 0 Å². The lowest BCUT2D eigenvalue weighted by Crippen LogP contribution is -2.61. The predicted octanol–water partition coefficient (Wildman–Crippen LogP) is 18.1. The molecule has 0 bridgehead atoms. The van der Waals surface area contributed by atoms with Gasteiger partial charge < -0.3 is 14.7 Å². The molecule has 2 aliphatic heterocycles. The SMILES string of the molecule is Cc1cc2c3c(c1)N(c1ccc4c(c1)C(C)(C)c1ccccc1-4)c1cc(C(C)(C)C)ccc1B3c1ccc(N(c3ccc(C(C)(C)C)cc3)c3ccc(C(C)(C)C)cc3)cc1N2c1ccc2c(c1)C(C)(C)c1ccccc1-2. The van der Waals surface area contributed by atoms with E-state index in [0.717, 1.165) is 17.1 Å². The molecule has 4 aliphatic rings. The summed E-state index contributed by atoms with van der Waals surface area (Å²) in [6.07, 6.45) is 0. The van der Waals surface area contributed by atoms with Gasteiger partial charge in [0.1, 0.15) is 0 Å². The zero-order chi connectivity index (χ0) is 53.9. The van der Waals surface area contributed by atoms with Gasteiger partial charge in [-0.2, -0.15) is 0 Å². The van der Waals surface area contributed by atoms with Gasteiger partial charge in [0.25, 0.3) is 6.71 Å². The molecule has 2 aliphatic carbocycles. The zero-order valence-electron chi connectivity index (χ0n) is 47.7. The Kier molecular flexibility index (Phi) is 10.7. The van der Waals surface area contributed by atoms with Crippen molar-refractivity contribution in [1.82, 2.24) is 0 Å². The Labute approximate surface area is 459 Å². The first-order valence-electron chi connectivity index (χ1n) is 28.0. The van der Waals surface area contributed by atoms with Gasteiger partial charge in [0.15, 0.2) is 0 Å². The van der Waals surface area contributed by atoms with E-state index in [1.54, 1.807) is 0 Å². The van der Waals surface area contributed by atoms with Crippen LogP contribution in [0, 0.1) is 6.92 Å². The number of fused-ring (bicyclic) bond motifs is 10. The van der Waals surface area contributed by atoms with Crippen molar-refractivity contribution >= 4 is 74.3 Å². The molecule has 0 unspecified atom stereocenters. The Balaban J connectivity index is 1.08. The molecule has 0 amide bonds. The summed E-state index contributed by atoms with van der Waals surface area (Å²) in [5.74, 6) is 0. The van der Waals surface area contributed by atoms with Crippen molar-refractivity contribution in [3.05, 3.63) is 226 Å². The number of nitrogens with zero attached hydrogens (tertiary/aromatic N) is 3. The summed E-state index contributed by atoms with van der Waals surface area (Å²) >= 11 is 0. The number of hydrogen-bond donors (Lipinski definition) is 0. The largest absolute Gasteiger partial charge is 0.311 e. The van der Waals surface area contributed by atoms with Crippen LogP contribution in [0.5, 0.6) is 0 Å². The van der Waals surface area contributed by atoms with Gasteiger partial charge in [0.05, 0.1) is 0 Å². The molecule has 77 heavy (non-hydrogen) atoms. The van der Waals surface area contributed by atoms with Gasteiger partial charge in [0.2, 0.25) is 0 Å². The van der Waals surface area contributed by atoms with E-state index in [1.165, 1.54) is 117 Å². The van der Waals surface area contributed by atoms with E-state index in [1.807, 2.05) is 0 Å². The lowest BCUT2D eigenvalue weighted by atomic mass is 9.33. The summed E-state index contributed by atoms with van der Waals surface area (Å²) in [5, 5.41) is 0. The van der Waals surface area contributed by atoms with E-state index in [0.29, 0.717) is 0 Å². The van der Waals surface area contributed by atoms with Crippen LogP contribution in [-0.2, 0) is 27.1 Å². The average Bonchev–Trinajstić information content (AvgIpc) is 3.93. The van der Waals surface area contributed by atoms with Crippen LogP contribution in [0.2, 0.25) is 0 Å². The number of rotatable bonds is 5. The van der Waals surface area contributed by atoms with Crippen LogP contribution in [0.1, 0.15) is 135 Å². The first-order chi connectivity index (χ1) is 36.5. The van der Waals surface area contributed by atoms with E-state index >= 15 is 0 Å². The Morgan fingerprint density at radius 1 is 0.364 bits per heavy atom. The molecule has 0 fully saturated rings. The third-order valence-electron chi connectivity index (χ3n) is 18.0. The summed E-state index contributed by atoms with van der Waals surface area (Å²) in [6.45, 7) is 32.7. The molecule has 13 rings (SSSR count). The fourth-order valence-electron chi connectivity index (χ4n) is 13.6. The molecular weight excluding hydrogens is 930 g/mol. The minimum atomic E-state index is -0.173. The summed E-state index contributed by atoms with van der Waals surface area (Å²) in [5.41, 5.74) is 30.3. The normalized spacial score (nSPS) is 15.3. The Morgan fingerprint density at radius 3 is 1.21 bits per heavy atom. The van der Waals surface area contributed by atoms with Crippen molar-refractivity contribution in [1.29, 1.82) is 0 Å². The van der Waals surface area contributed by atoms with Crippen molar-refractivity contribution in [2.24, 2.45) is 0 Å². The summed E-state index contributed by atoms with van der Waals surface area (Å²) in [6, 6.07) is 70.8. The fraction of sp³-hybridized carbons (Fsp3) is 0.260. The highest BCUT2D eigenvalue weighted by atomic mass is 15.2. The summed E-state index contributed by atoms with van der Waals surface area (Å²) in [7, 11) is 0. The van der Waals surface area contributed by atoms with Gasteiger partial charge in [0, 0.05) is 62.0 Å². The standard InChI is InChI=1S/C73H72BN3/c1-45-39-66-68-67(40-45)77(52-33-36-57-55-20-16-18-22-59(55)73(13,14)61(57)43-52)65-44-53(75(49-28-23-46(24-29-49)69(2,3)4)50-30-25-47(26-31-50)70(5,6)7)34-38-63(65)74(68)62-37-27-48(71(8,9)10)41-64(62)76(66)51-32-35-56-54-19-15-17-21-58(54)72(11,12)60(56)42-51/h15-44H,1-14H3. The van der Waals surface area contributed by atoms with Crippen LogP contribution < -0.4 is 31.1 Å². The topological polar surface area (TPSA) is 9.72 Å². The molecule has 0 saturated heterocycles. The van der Waals surface area contributed by atoms with E-state index < -0.39 is 0 Å². The van der Waals surface area contributed by atoms with Crippen molar-refractivity contribution in [3.8, 4) is 22.3 Å². The second-order valence-corrected chi connectivity index (χ2v) is 26.8. The van der Waals surface area contributed by atoms with E-state index in [4.69, 9.17) is 0 Å². The van der Waals surface area contributed by atoms with Gasteiger partial charge in [-0.25, -0.2) is 0 Å². The second-order valence-electron chi connectivity index (χ2n) is 26.8. The Hall–Kier alpha value is -7.56. The molecule has 382 valence electrons. The minimum Gasteiger partial charge on any atom is -0.311 e. The first kappa shape index (κ1) is 49.0. The van der Waals surface area contributed by atoms with Crippen LogP contribution in [0.3, 0.4) is 0 Å². The molecule has 0 spiro atoms. The van der Waals surface area contributed by atoms with Crippen molar-refractivity contribution in [2.75, 3.05) is 14.7 Å². The number of anilines is 9. The Bertz CT molecular complexity index is 3830. The summed E-state index contributed by atoms with van der Waals surface area (Å²) in [4.78, 5) is 7.71. The smallest absolute Gasteiger partial charge is 0.252 e. The molecule has 9 aromatic carbocycles. The number of aryl methyl sites for hydroxylation is 1. The minimum absolute atomic E-state index is 0.0305. The fourth-order valence-corrected chi connectivity index (χ4v) is 13.6. The van der Waals surface area contributed by atoms with Crippen molar-refractivity contribution < 1.29 is 0 Å². The first-order valence-corrected chi connectivity index (χ1v) is 28.0. The molecule has 2 heterocycles. The highest BCUT2D eigenvalue weighted by molar-refractivity contribution is 7.00. The summed E-state index contributed by atoms with van der Waals surface area (Å²) < 4.78 is 0. The lowest BCUT2D eigenvalue weighted by Gasteiger charge is -2.45. The van der Waals surface area contributed by atoms with Crippen LogP contribution >= 0.6 is 0 Å². The van der Waals surface area contributed by atoms with Gasteiger partial charge in [-0.3, -0.25) is 0 Å². The molecule has 9 aromatic rings. The molecular formula is C73H72BN3. The van der Waals surface area contributed by atoms with E-state index in [2.05, 4.69) is 294 Å². The van der Waals surface area contributed by atoms with Gasteiger partial charge in [-0.1, -0.05) is 193 Å². The maximum atomic E-state index is 2.62. The molecule has 0 atom stereocenters. The van der Waals surface area contributed by atoms with E-state index in [-0.39, 0.29) is 33.8 Å². The third kappa shape index (κ3) is 7.52. The van der Waals surface area contributed by atoms with Crippen LogP contribution in [0.15, 0.2) is 182 Å². The van der Waals surface area contributed by atoms with Crippen LogP contribution in [0.25, 0.3) is 22.3 Å². The van der Waals surface area contributed by atoms with Crippen molar-refractivity contribution in [3.63, 3.8) is 0 Å². The van der Waals surface area contributed by atoms with Crippen LogP contribution in [-0.4, -0.2) is 6.71 Å². The second kappa shape index (κ2) is 16.7. The highest BCUT2D eigenvalue weighted by Crippen LogP contribution is 2.54. The zero-order valence-corrected chi connectivity index (χ0v) is 47.7. The van der Waals surface area contributed by atoms with Crippen LogP contribution in [0.4, 0.5) is 51.2 Å². The maximum absolute atomic E-state index is 2.62. The molecule has 0 saturated carbocycles. The van der Waals surface area contributed by atoms with Gasteiger partial charge >= 0.3 is 0 Å². The predicted molar refractivity (Wildman–Crippen MR) is 331 cm³/mol.